The highest BCUT2D eigenvalue weighted by atomic mass is 32.2. The lowest BCUT2D eigenvalue weighted by Gasteiger charge is -2.28. The topological polar surface area (TPSA) is 41.1 Å². The van der Waals surface area contributed by atoms with Gasteiger partial charge in [0, 0.05) is 17.8 Å². The predicted octanol–water partition coefficient (Wildman–Crippen LogP) is 0.606. The van der Waals surface area contributed by atoms with E-state index in [9.17, 15) is 4.79 Å². The zero-order valence-electron chi connectivity index (χ0n) is 8.52. The van der Waals surface area contributed by atoms with Crippen molar-refractivity contribution in [3.8, 4) is 0 Å². The molecule has 4 heteroatoms. The van der Waals surface area contributed by atoms with Crippen molar-refractivity contribution in [1.29, 1.82) is 0 Å². The molecule has 1 rings (SSSR count). The molecule has 0 aromatic heterocycles. The van der Waals surface area contributed by atoms with E-state index in [-0.39, 0.29) is 10.7 Å². The van der Waals surface area contributed by atoms with Gasteiger partial charge in [-0.15, -0.1) is 11.8 Å². The van der Waals surface area contributed by atoms with E-state index in [2.05, 4.69) is 31.4 Å². The van der Waals surface area contributed by atoms with Crippen molar-refractivity contribution in [2.45, 2.75) is 31.6 Å². The third-order valence-corrected chi connectivity index (χ3v) is 3.06. The van der Waals surface area contributed by atoms with Crippen LogP contribution in [-0.2, 0) is 4.79 Å². The van der Waals surface area contributed by atoms with Crippen molar-refractivity contribution in [1.82, 2.24) is 10.6 Å². The summed E-state index contributed by atoms with van der Waals surface area (Å²) in [4.78, 5) is 11.3. The summed E-state index contributed by atoms with van der Waals surface area (Å²) in [7, 11) is 0. The number of hydrogen-bond donors (Lipinski definition) is 2. The second-order valence-corrected chi connectivity index (χ2v) is 6.13. The van der Waals surface area contributed by atoms with Crippen molar-refractivity contribution >= 4 is 17.7 Å². The van der Waals surface area contributed by atoms with Gasteiger partial charge in [0.1, 0.15) is 0 Å². The van der Waals surface area contributed by atoms with Crippen LogP contribution in [0.5, 0.6) is 0 Å². The van der Waals surface area contributed by atoms with Crippen molar-refractivity contribution in [2.24, 2.45) is 0 Å². The van der Waals surface area contributed by atoms with E-state index in [0.717, 1.165) is 13.1 Å². The van der Waals surface area contributed by atoms with Gasteiger partial charge in [-0.25, -0.2) is 0 Å². The van der Waals surface area contributed by atoms with Crippen LogP contribution in [0.3, 0.4) is 0 Å². The van der Waals surface area contributed by atoms with Crippen molar-refractivity contribution < 1.29 is 4.79 Å². The Balaban J connectivity index is 2.10. The van der Waals surface area contributed by atoms with Gasteiger partial charge in [0.25, 0.3) is 0 Å². The molecule has 2 N–H and O–H groups in total. The predicted molar refractivity (Wildman–Crippen MR) is 57.0 cm³/mol. The summed E-state index contributed by atoms with van der Waals surface area (Å²) < 4.78 is 0.176. The molecule has 1 heterocycles. The molecule has 1 aliphatic rings. The Morgan fingerprint density at radius 1 is 1.54 bits per heavy atom. The van der Waals surface area contributed by atoms with Crippen molar-refractivity contribution in [3.05, 3.63) is 0 Å². The number of carbonyl (C=O) groups is 1. The van der Waals surface area contributed by atoms with E-state index in [1.54, 1.807) is 11.8 Å². The first kappa shape index (κ1) is 10.9. The number of thioether (sulfide) groups is 1. The maximum atomic E-state index is 11.3. The van der Waals surface area contributed by atoms with Gasteiger partial charge in [-0.05, 0) is 0 Å². The Morgan fingerprint density at radius 3 is 2.54 bits per heavy atom. The number of nitrogens with one attached hydrogen (secondary N) is 2. The molecule has 76 valence electrons. The first-order valence-electron chi connectivity index (χ1n) is 4.61. The molecule has 0 spiro atoms. The van der Waals surface area contributed by atoms with Gasteiger partial charge in [-0.1, -0.05) is 20.8 Å². The van der Waals surface area contributed by atoms with E-state index >= 15 is 0 Å². The van der Waals surface area contributed by atoms with Crippen LogP contribution in [-0.4, -0.2) is 35.5 Å². The van der Waals surface area contributed by atoms with Crippen LogP contribution in [0.15, 0.2) is 0 Å². The molecule has 0 bridgehead atoms. The maximum Gasteiger partial charge on any atom is 0.230 e. The van der Waals surface area contributed by atoms with E-state index < -0.39 is 0 Å². The standard InChI is InChI=1S/C9H18N2OS/c1-9(2,3)13-6-8(12)11-7-4-10-5-7/h7,10H,4-6H2,1-3H3,(H,11,12). The van der Waals surface area contributed by atoms with Crippen molar-refractivity contribution in [2.75, 3.05) is 18.8 Å². The largest absolute Gasteiger partial charge is 0.350 e. The molecule has 0 radical (unpaired) electrons. The Morgan fingerprint density at radius 2 is 2.15 bits per heavy atom. The first-order chi connectivity index (χ1) is 5.97. The minimum Gasteiger partial charge on any atom is -0.350 e. The molecule has 1 amide bonds. The van der Waals surface area contributed by atoms with Crippen molar-refractivity contribution in [3.63, 3.8) is 0 Å². The average molecular weight is 202 g/mol. The van der Waals surface area contributed by atoms with Gasteiger partial charge in [0.15, 0.2) is 0 Å². The van der Waals surface area contributed by atoms with E-state index in [1.807, 2.05) is 0 Å². The zero-order valence-corrected chi connectivity index (χ0v) is 9.33. The Bertz CT molecular complexity index is 185. The van der Waals surface area contributed by atoms with Gasteiger partial charge in [-0.2, -0.15) is 0 Å². The summed E-state index contributed by atoms with van der Waals surface area (Å²) in [6.07, 6.45) is 0. The molecule has 0 saturated carbocycles. The van der Waals surface area contributed by atoms with Crippen LogP contribution in [0.2, 0.25) is 0 Å². The van der Waals surface area contributed by atoms with Gasteiger partial charge >= 0.3 is 0 Å². The number of hydrogen-bond acceptors (Lipinski definition) is 3. The van der Waals surface area contributed by atoms with Gasteiger partial charge in [-0.3, -0.25) is 4.79 Å². The van der Waals surface area contributed by atoms with Crippen LogP contribution in [0.4, 0.5) is 0 Å². The van der Waals surface area contributed by atoms with Gasteiger partial charge in [0.2, 0.25) is 5.91 Å². The molecule has 1 saturated heterocycles. The molecule has 0 aromatic rings. The molecule has 0 aromatic carbocycles. The van der Waals surface area contributed by atoms with Gasteiger partial charge < -0.3 is 10.6 Å². The third kappa shape index (κ3) is 4.52. The van der Waals surface area contributed by atoms with Crippen LogP contribution < -0.4 is 10.6 Å². The number of rotatable bonds is 3. The quantitative estimate of drug-likeness (QED) is 0.704. The summed E-state index contributed by atoms with van der Waals surface area (Å²) in [6.45, 7) is 8.21. The molecule has 1 aliphatic heterocycles. The molecule has 13 heavy (non-hydrogen) atoms. The van der Waals surface area contributed by atoms with Crippen LogP contribution in [0, 0.1) is 0 Å². The molecule has 1 fully saturated rings. The smallest absolute Gasteiger partial charge is 0.230 e. The highest BCUT2D eigenvalue weighted by Gasteiger charge is 2.20. The summed E-state index contributed by atoms with van der Waals surface area (Å²) in [5, 5.41) is 6.08. The molecule has 3 nitrogen and oxygen atoms in total. The second kappa shape index (κ2) is 4.33. The third-order valence-electron chi connectivity index (χ3n) is 1.78. The fourth-order valence-electron chi connectivity index (χ4n) is 0.942. The zero-order chi connectivity index (χ0) is 9.90. The van der Waals surface area contributed by atoms with Crippen LogP contribution >= 0.6 is 11.8 Å². The summed E-state index contributed by atoms with van der Waals surface area (Å²) in [5.74, 6) is 0.728. The Labute approximate surface area is 84.0 Å². The summed E-state index contributed by atoms with van der Waals surface area (Å²) in [5.41, 5.74) is 0. The lowest BCUT2D eigenvalue weighted by molar-refractivity contribution is -0.119. The Hall–Kier alpha value is -0.220. The highest BCUT2D eigenvalue weighted by molar-refractivity contribution is 8.01. The molecular weight excluding hydrogens is 184 g/mol. The molecule has 0 unspecified atom stereocenters. The fraction of sp³-hybridized carbons (Fsp3) is 0.889. The second-order valence-electron chi connectivity index (χ2n) is 4.32. The molecular formula is C9H18N2OS. The van der Waals surface area contributed by atoms with Gasteiger partial charge in [0.05, 0.1) is 11.8 Å². The maximum absolute atomic E-state index is 11.3. The number of amides is 1. The minimum absolute atomic E-state index is 0.159. The number of carbonyl (C=O) groups excluding carboxylic acids is 1. The summed E-state index contributed by atoms with van der Waals surface area (Å²) in [6, 6.07) is 0.369. The summed E-state index contributed by atoms with van der Waals surface area (Å²) >= 11 is 1.69. The SMILES string of the molecule is CC(C)(C)SCC(=O)NC1CNC1. The van der Waals surface area contributed by atoms with Crippen LogP contribution in [0.25, 0.3) is 0 Å². The molecule has 0 aliphatic carbocycles. The lowest BCUT2D eigenvalue weighted by atomic mass is 10.2. The Kier molecular flexibility index (Phi) is 3.62. The minimum atomic E-state index is 0.159. The monoisotopic (exact) mass is 202 g/mol. The highest BCUT2D eigenvalue weighted by Crippen LogP contribution is 2.22. The van der Waals surface area contributed by atoms with E-state index in [0.29, 0.717) is 11.8 Å². The first-order valence-corrected chi connectivity index (χ1v) is 5.60. The lowest BCUT2D eigenvalue weighted by Crippen LogP contribution is -2.57. The normalized spacial score (nSPS) is 18.1. The van der Waals surface area contributed by atoms with E-state index in [4.69, 9.17) is 0 Å². The van der Waals surface area contributed by atoms with Crippen LogP contribution in [0.1, 0.15) is 20.8 Å². The fourth-order valence-corrected chi connectivity index (χ4v) is 1.59. The average Bonchev–Trinajstić information content (AvgIpc) is 1.91. The molecule has 0 atom stereocenters. The van der Waals surface area contributed by atoms with E-state index in [1.165, 1.54) is 0 Å².